The molecular formula is C9H9ClN4OS. The van der Waals surface area contributed by atoms with E-state index < -0.39 is 0 Å². The van der Waals surface area contributed by atoms with E-state index in [1.165, 1.54) is 11.8 Å². The largest absolute Gasteiger partial charge is 0.335 e. The van der Waals surface area contributed by atoms with Gasteiger partial charge in [0.15, 0.2) is 5.82 Å². The Morgan fingerprint density at radius 2 is 2.25 bits per heavy atom. The third-order valence-electron chi connectivity index (χ3n) is 1.78. The summed E-state index contributed by atoms with van der Waals surface area (Å²) in [4.78, 5) is 4.98. The van der Waals surface area contributed by atoms with Gasteiger partial charge in [0.25, 0.3) is 0 Å². The molecule has 7 heteroatoms. The van der Waals surface area contributed by atoms with Gasteiger partial charge in [-0.05, 0) is 12.1 Å². The number of aromatic nitrogens is 2. The first-order valence-electron chi connectivity index (χ1n) is 4.46. The molecule has 2 aromatic rings. The zero-order chi connectivity index (χ0) is 11.4. The van der Waals surface area contributed by atoms with E-state index in [0.717, 1.165) is 4.90 Å². The summed E-state index contributed by atoms with van der Waals surface area (Å²) in [5.41, 5.74) is 2.28. The number of anilines is 1. The predicted molar refractivity (Wildman–Crippen MR) is 63.1 cm³/mol. The summed E-state index contributed by atoms with van der Waals surface area (Å²) in [6.45, 7) is 0. The summed E-state index contributed by atoms with van der Waals surface area (Å²) >= 11 is 7.54. The minimum Gasteiger partial charge on any atom is -0.314 e. The van der Waals surface area contributed by atoms with Crippen LogP contribution in [-0.2, 0) is 5.75 Å². The molecule has 16 heavy (non-hydrogen) atoms. The minimum atomic E-state index is 0.203. The van der Waals surface area contributed by atoms with Crippen LogP contribution < -0.4 is 11.3 Å². The molecule has 0 saturated heterocycles. The van der Waals surface area contributed by atoms with E-state index in [2.05, 4.69) is 15.6 Å². The summed E-state index contributed by atoms with van der Waals surface area (Å²) in [6, 6.07) is 7.80. The van der Waals surface area contributed by atoms with Gasteiger partial charge < -0.3 is 4.52 Å². The number of nitrogen functional groups attached to an aromatic ring is 1. The van der Waals surface area contributed by atoms with Gasteiger partial charge in [-0.25, -0.2) is 5.84 Å². The van der Waals surface area contributed by atoms with Gasteiger partial charge >= 0.3 is 6.01 Å². The Labute approximate surface area is 101 Å². The maximum atomic E-state index is 6.01. The fourth-order valence-corrected chi connectivity index (χ4v) is 2.16. The van der Waals surface area contributed by atoms with E-state index in [4.69, 9.17) is 22.0 Å². The lowest BCUT2D eigenvalue weighted by molar-refractivity contribution is 0.425. The zero-order valence-corrected chi connectivity index (χ0v) is 9.76. The zero-order valence-electron chi connectivity index (χ0n) is 8.18. The average Bonchev–Trinajstić information content (AvgIpc) is 2.76. The molecule has 0 radical (unpaired) electrons. The van der Waals surface area contributed by atoms with Crippen molar-refractivity contribution < 1.29 is 4.52 Å². The van der Waals surface area contributed by atoms with Gasteiger partial charge in [-0.15, -0.1) is 11.8 Å². The number of benzene rings is 1. The van der Waals surface area contributed by atoms with Gasteiger partial charge in [-0.3, -0.25) is 5.43 Å². The van der Waals surface area contributed by atoms with Crippen LogP contribution in [-0.4, -0.2) is 10.1 Å². The molecular weight excluding hydrogens is 248 g/mol. The molecule has 0 aliphatic carbocycles. The van der Waals surface area contributed by atoms with Crippen LogP contribution >= 0.6 is 23.4 Å². The van der Waals surface area contributed by atoms with Crippen LogP contribution in [0.3, 0.4) is 0 Å². The standard InChI is InChI=1S/C9H9ClN4OS/c10-6-3-1-2-4-7(6)16-5-8-12-9(13-11)15-14-8/h1-4H,5,11H2,(H,12,13,14). The Kier molecular flexibility index (Phi) is 3.66. The van der Waals surface area contributed by atoms with Crippen molar-refractivity contribution >= 4 is 29.4 Å². The van der Waals surface area contributed by atoms with Gasteiger partial charge in [0, 0.05) is 4.90 Å². The van der Waals surface area contributed by atoms with Crippen LogP contribution in [0.25, 0.3) is 0 Å². The van der Waals surface area contributed by atoms with E-state index >= 15 is 0 Å². The van der Waals surface area contributed by atoms with Crippen LogP contribution in [0.15, 0.2) is 33.7 Å². The lowest BCUT2D eigenvalue weighted by Crippen LogP contribution is -2.06. The van der Waals surface area contributed by atoms with Crippen molar-refractivity contribution in [2.24, 2.45) is 5.84 Å². The first kappa shape index (κ1) is 11.3. The second kappa shape index (κ2) is 5.20. The molecule has 0 unspecified atom stereocenters. The quantitative estimate of drug-likeness (QED) is 0.497. The first-order chi connectivity index (χ1) is 7.79. The van der Waals surface area contributed by atoms with Gasteiger partial charge in [0.2, 0.25) is 0 Å². The molecule has 0 amide bonds. The number of hydrogen-bond donors (Lipinski definition) is 2. The fraction of sp³-hybridized carbons (Fsp3) is 0.111. The highest BCUT2D eigenvalue weighted by Crippen LogP contribution is 2.28. The van der Waals surface area contributed by atoms with E-state index in [-0.39, 0.29) is 6.01 Å². The van der Waals surface area contributed by atoms with Crippen LogP contribution in [0.5, 0.6) is 0 Å². The fourth-order valence-electron chi connectivity index (χ4n) is 1.08. The second-order valence-electron chi connectivity index (χ2n) is 2.88. The number of nitrogens with zero attached hydrogens (tertiary/aromatic N) is 2. The Balaban J connectivity index is 1.99. The normalized spacial score (nSPS) is 10.4. The number of nitrogens with two attached hydrogens (primary N) is 1. The van der Waals surface area contributed by atoms with Crippen molar-refractivity contribution in [3.8, 4) is 0 Å². The maximum absolute atomic E-state index is 6.01. The van der Waals surface area contributed by atoms with E-state index in [1.807, 2.05) is 24.3 Å². The molecule has 0 atom stereocenters. The predicted octanol–water partition coefficient (Wildman–Crippen LogP) is 2.30. The highest BCUT2D eigenvalue weighted by molar-refractivity contribution is 7.98. The Morgan fingerprint density at radius 1 is 1.44 bits per heavy atom. The lowest BCUT2D eigenvalue weighted by Gasteiger charge is -2.00. The molecule has 0 fully saturated rings. The summed E-state index contributed by atoms with van der Waals surface area (Å²) in [6.07, 6.45) is 0. The molecule has 1 aromatic carbocycles. The minimum absolute atomic E-state index is 0.203. The van der Waals surface area contributed by atoms with Crippen molar-refractivity contribution in [2.45, 2.75) is 10.6 Å². The Morgan fingerprint density at radius 3 is 2.94 bits per heavy atom. The maximum Gasteiger partial charge on any atom is 0.335 e. The van der Waals surface area contributed by atoms with Crippen LogP contribution in [0.2, 0.25) is 5.02 Å². The van der Waals surface area contributed by atoms with Crippen LogP contribution in [0, 0.1) is 0 Å². The molecule has 0 aliphatic rings. The second-order valence-corrected chi connectivity index (χ2v) is 4.30. The third-order valence-corrected chi connectivity index (χ3v) is 3.30. The Bertz CT molecular complexity index is 476. The molecule has 0 bridgehead atoms. The van der Waals surface area contributed by atoms with Crippen molar-refractivity contribution in [3.05, 3.63) is 35.1 Å². The summed E-state index contributed by atoms with van der Waals surface area (Å²) in [5.74, 6) is 6.27. The smallest absolute Gasteiger partial charge is 0.314 e. The molecule has 1 heterocycles. The van der Waals surface area contributed by atoms with E-state index in [9.17, 15) is 0 Å². The number of hydrazine groups is 1. The molecule has 5 nitrogen and oxygen atoms in total. The van der Waals surface area contributed by atoms with E-state index in [1.54, 1.807) is 0 Å². The number of halogens is 1. The number of hydrogen-bond acceptors (Lipinski definition) is 6. The molecule has 84 valence electrons. The number of thioether (sulfide) groups is 1. The summed E-state index contributed by atoms with van der Waals surface area (Å²) < 4.78 is 4.79. The van der Waals surface area contributed by atoms with E-state index in [0.29, 0.717) is 16.6 Å². The highest BCUT2D eigenvalue weighted by Gasteiger charge is 2.06. The van der Waals surface area contributed by atoms with Gasteiger partial charge in [-0.2, -0.15) is 4.98 Å². The first-order valence-corrected chi connectivity index (χ1v) is 5.82. The average molecular weight is 257 g/mol. The van der Waals surface area contributed by atoms with Gasteiger partial charge in [0.05, 0.1) is 10.8 Å². The molecule has 0 spiro atoms. The number of nitrogens with one attached hydrogen (secondary N) is 1. The molecule has 2 rings (SSSR count). The molecule has 0 aliphatic heterocycles. The van der Waals surface area contributed by atoms with Crippen molar-refractivity contribution in [1.82, 2.24) is 10.1 Å². The van der Waals surface area contributed by atoms with Crippen LogP contribution in [0.1, 0.15) is 5.82 Å². The van der Waals surface area contributed by atoms with Crippen molar-refractivity contribution in [2.75, 3.05) is 5.43 Å². The topological polar surface area (TPSA) is 77.0 Å². The SMILES string of the molecule is NNc1nc(CSc2ccccc2Cl)no1. The molecule has 3 N–H and O–H groups in total. The van der Waals surface area contributed by atoms with Crippen LogP contribution in [0.4, 0.5) is 6.01 Å². The monoisotopic (exact) mass is 256 g/mol. The lowest BCUT2D eigenvalue weighted by atomic mass is 10.4. The van der Waals surface area contributed by atoms with Crippen molar-refractivity contribution in [3.63, 3.8) is 0 Å². The Hall–Kier alpha value is -1.24. The molecule has 1 aromatic heterocycles. The number of rotatable bonds is 4. The summed E-state index contributed by atoms with van der Waals surface area (Å²) in [7, 11) is 0. The van der Waals surface area contributed by atoms with Gasteiger partial charge in [0.1, 0.15) is 0 Å². The molecule has 0 saturated carbocycles. The summed E-state index contributed by atoms with van der Waals surface area (Å²) in [5, 5.41) is 4.46. The third kappa shape index (κ3) is 2.66. The highest BCUT2D eigenvalue weighted by atomic mass is 35.5. The van der Waals surface area contributed by atoms with Gasteiger partial charge in [-0.1, -0.05) is 28.9 Å². The van der Waals surface area contributed by atoms with Crippen molar-refractivity contribution in [1.29, 1.82) is 0 Å².